The number of aryl methyl sites for hydroxylation is 1. The number of nitrogens with one attached hydrogen (secondary N) is 1. The third-order valence-electron chi connectivity index (χ3n) is 2.97. The van der Waals surface area contributed by atoms with Crippen LogP contribution < -0.4 is 11.1 Å². The number of anilines is 1. The highest BCUT2D eigenvalue weighted by Gasteiger charge is 2.15. The quantitative estimate of drug-likeness (QED) is 0.832. The Morgan fingerprint density at radius 1 is 1.43 bits per heavy atom. The first-order chi connectivity index (χ1) is 10.1. The molecule has 0 saturated carbocycles. The summed E-state index contributed by atoms with van der Waals surface area (Å²) in [6, 6.07) is 7.23. The van der Waals surface area contributed by atoms with Gasteiger partial charge < -0.3 is 20.2 Å². The van der Waals surface area contributed by atoms with Gasteiger partial charge in [-0.2, -0.15) is 0 Å². The molecule has 0 fully saturated rings. The number of carbonyl (C=O) groups is 1. The van der Waals surface area contributed by atoms with Crippen LogP contribution in [0.4, 0.5) is 5.69 Å². The largest absolute Gasteiger partial charge is 0.421 e. The molecule has 0 spiro atoms. The number of nitrogens with zero attached hydrogens (tertiary/aromatic N) is 2. The van der Waals surface area contributed by atoms with E-state index in [-0.39, 0.29) is 25.0 Å². The minimum Gasteiger partial charge on any atom is -0.421 e. The van der Waals surface area contributed by atoms with Crippen LogP contribution in [0.3, 0.4) is 0 Å². The molecule has 1 amide bonds. The smallest absolute Gasteiger partial charge is 0.249 e. The minimum atomic E-state index is -0.303. The van der Waals surface area contributed by atoms with E-state index in [9.17, 15) is 4.79 Å². The Morgan fingerprint density at radius 3 is 2.81 bits per heavy atom. The van der Waals surface area contributed by atoms with Gasteiger partial charge in [0.15, 0.2) is 0 Å². The molecule has 21 heavy (non-hydrogen) atoms. The van der Waals surface area contributed by atoms with Crippen molar-refractivity contribution in [3.05, 3.63) is 30.2 Å². The average Bonchev–Trinajstić information content (AvgIpc) is 2.91. The van der Waals surface area contributed by atoms with Gasteiger partial charge in [0.1, 0.15) is 0 Å². The topological polar surface area (TPSA) is 103 Å². The Balaban J connectivity index is 2.15. The van der Waals surface area contributed by atoms with Crippen LogP contribution in [0.15, 0.2) is 28.7 Å². The molecule has 7 nitrogen and oxygen atoms in total. The highest BCUT2D eigenvalue weighted by atomic mass is 16.5. The fourth-order valence-corrected chi connectivity index (χ4v) is 1.85. The van der Waals surface area contributed by atoms with Gasteiger partial charge in [-0.3, -0.25) is 4.79 Å². The van der Waals surface area contributed by atoms with E-state index in [2.05, 4.69) is 15.5 Å². The third-order valence-corrected chi connectivity index (χ3v) is 2.97. The van der Waals surface area contributed by atoms with E-state index in [1.54, 1.807) is 19.1 Å². The van der Waals surface area contributed by atoms with Crippen molar-refractivity contribution in [3.63, 3.8) is 0 Å². The van der Waals surface area contributed by atoms with Crippen molar-refractivity contribution in [2.45, 2.75) is 19.4 Å². The Hall–Kier alpha value is -2.25. The van der Waals surface area contributed by atoms with Gasteiger partial charge in [-0.1, -0.05) is 12.1 Å². The Kier molecular flexibility index (Phi) is 5.02. The number of benzene rings is 1. The van der Waals surface area contributed by atoms with Gasteiger partial charge >= 0.3 is 0 Å². The Labute approximate surface area is 122 Å². The molecule has 1 heterocycles. The summed E-state index contributed by atoms with van der Waals surface area (Å²) in [5.41, 5.74) is 6.79. The molecule has 112 valence electrons. The van der Waals surface area contributed by atoms with Gasteiger partial charge in [0.05, 0.1) is 23.8 Å². The SMILES string of the molecule is COC(CN)CC(=O)Nc1ccccc1-c1nnc(C)o1. The van der Waals surface area contributed by atoms with Crippen molar-refractivity contribution >= 4 is 11.6 Å². The molecule has 0 aliphatic rings. The predicted octanol–water partition coefficient (Wildman–Crippen LogP) is 1.35. The van der Waals surface area contributed by atoms with E-state index in [1.807, 2.05) is 12.1 Å². The molecule has 0 aliphatic heterocycles. The molecular weight excluding hydrogens is 272 g/mol. The average molecular weight is 290 g/mol. The lowest BCUT2D eigenvalue weighted by Crippen LogP contribution is -2.28. The number of ether oxygens (including phenoxy) is 1. The number of hydrogen-bond donors (Lipinski definition) is 2. The molecule has 3 N–H and O–H groups in total. The van der Waals surface area contributed by atoms with Crippen molar-refractivity contribution in [1.29, 1.82) is 0 Å². The summed E-state index contributed by atoms with van der Waals surface area (Å²) in [5.74, 6) is 0.648. The standard InChI is InChI=1S/C14H18N4O3/c1-9-17-18-14(21-9)11-5-3-4-6-12(11)16-13(19)7-10(8-15)20-2/h3-6,10H,7-8,15H2,1-2H3,(H,16,19). The molecule has 7 heteroatoms. The van der Waals surface area contributed by atoms with Crippen LogP contribution in [0.2, 0.25) is 0 Å². The van der Waals surface area contributed by atoms with Gasteiger partial charge in [-0.05, 0) is 12.1 Å². The van der Waals surface area contributed by atoms with Crippen LogP contribution in [0.25, 0.3) is 11.5 Å². The van der Waals surface area contributed by atoms with Gasteiger partial charge in [0, 0.05) is 20.6 Å². The maximum absolute atomic E-state index is 12.0. The van der Waals surface area contributed by atoms with E-state index in [1.165, 1.54) is 7.11 Å². The van der Waals surface area contributed by atoms with E-state index >= 15 is 0 Å². The summed E-state index contributed by atoms with van der Waals surface area (Å²) in [5, 5.41) is 10.6. The first kappa shape index (κ1) is 15.1. The van der Waals surface area contributed by atoms with Crippen LogP contribution in [0.5, 0.6) is 0 Å². The summed E-state index contributed by atoms with van der Waals surface area (Å²) >= 11 is 0. The number of para-hydroxylation sites is 1. The molecule has 1 aromatic heterocycles. The monoisotopic (exact) mass is 290 g/mol. The van der Waals surface area contributed by atoms with E-state index < -0.39 is 0 Å². The zero-order chi connectivity index (χ0) is 15.2. The van der Waals surface area contributed by atoms with Crippen LogP contribution in [0.1, 0.15) is 12.3 Å². The number of methoxy groups -OCH3 is 1. The minimum absolute atomic E-state index is 0.184. The van der Waals surface area contributed by atoms with Crippen molar-refractivity contribution in [2.24, 2.45) is 5.73 Å². The number of carbonyl (C=O) groups excluding carboxylic acids is 1. The lowest BCUT2D eigenvalue weighted by molar-refractivity contribution is -0.118. The first-order valence-corrected chi connectivity index (χ1v) is 6.56. The van der Waals surface area contributed by atoms with Crippen molar-refractivity contribution in [1.82, 2.24) is 10.2 Å². The summed E-state index contributed by atoms with van der Waals surface area (Å²) in [7, 11) is 1.53. The van der Waals surface area contributed by atoms with Crippen LogP contribution in [0, 0.1) is 6.92 Å². The normalized spacial score (nSPS) is 12.1. The van der Waals surface area contributed by atoms with Crippen molar-refractivity contribution in [2.75, 3.05) is 19.0 Å². The third kappa shape index (κ3) is 3.87. The van der Waals surface area contributed by atoms with Crippen molar-refractivity contribution < 1.29 is 13.9 Å². The Bertz CT molecular complexity index is 608. The Morgan fingerprint density at radius 2 is 2.19 bits per heavy atom. The summed E-state index contributed by atoms with van der Waals surface area (Å²) in [6.45, 7) is 2.00. The van der Waals surface area contributed by atoms with Crippen LogP contribution in [-0.4, -0.2) is 35.9 Å². The molecule has 0 radical (unpaired) electrons. The second kappa shape index (κ2) is 6.96. The highest BCUT2D eigenvalue weighted by Crippen LogP contribution is 2.26. The summed E-state index contributed by atoms with van der Waals surface area (Å²) in [6.07, 6.45) is -0.118. The number of hydrogen-bond acceptors (Lipinski definition) is 6. The molecule has 1 unspecified atom stereocenters. The van der Waals surface area contributed by atoms with E-state index in [4.69, 9.17) is 14.9 Å². The maximum atomic E-state index is 12.0. The number of rotatable bonds is 6. The van der Waals surface area contributed by atoms with Gasteiger partial charge in [0.25, 0.3) is 0 Å². The molecule has 0 saturated heterocycles. The summed E-state index contributed by atoms with van der Waals surface area (Å²) in [4.78, 5) is 12.0. The second-order valence-electron chi connectivity index (χ2n) is 4.52. The van der Waals surface area contributed by atoms with Crippen LogP contribution in [-0.2, 0) is 9.53 Å². The highest BCUT2D eigenvalue weighted by molar-refractivity contribution is 5.94. The number of aromatic nitrogens is 2. The first-order valence-electron chi connectivity index (χ1n) is 6.56. The fourth-order valence-electron chi connectivity index (χ4n) is 1.85. The zero-order valence-electron chi connectivity index (χ0n) is 12.0. The molecule has 0 bridgehead atoms. The maximum Gasteiger partial charge on any atom is 0.249 e. The van der Waals surface area contributed by atoms with E-state index in [0.29, 0.717) is 23.0 Å². The second-order valence-corrected chi connectivity index (χ2v) is 4.52. The van der Waals surface area contributed by atoms with Gasteiger partial charge in [-0.15, -0.1) is 10.2 Å². The molecule has 2 aromatic rings. The molecule has 2 rings (SSSR count). The number of amides is 1. The molecular formula is C14H18N4O3. The summed E-state index contributed by atoms with van der Waals surface area (Å²) < 4.78 is 10.5. The van der Waals surface area contributed by atoms with Gasteiger partial charge in [0.2, 0.25) is 17.7 Å². The lowest BCUT2D eigenvalue weighted by Gasteiger charge is -2.13. The van der Waals surface area contributed by atoms with E-state index in [0.717, 1.165) is 0 Å². The zero-order valence-corrected chi connectivity index (χ0v) is 12.0. The predicted molar refractivity (Wildman–Crippen MR) is 77.6 cm³/mol. The van der Waals surface area contributed by atoms with Crippen molar-refractivity contribution in [3.8, 4) is 11.5 Å². The lowest BCUT2D eigenvalue weighted by atomic mass is 10.1. The number of nitrogens with two attached hydrogens (primary N) is 1. The molecule has 1 atom stereocenters. The van der Waals surface area contributed by atoms with Crippen LogP contribution >= 0.6 is 0 Å². The molecule has 0 aliphatic carbocycles. The van der Waals surface area contributed by atoms with Gasteiger partial charge in [-0.25, -0.2) is 0 Å². The fraction of sp³-hybridized carbons (Fsp3) is 0.357. The molecule has 1 aromatic carbocycles.